The molecule has 1 aromatic heterocycles. The first-order valence-corrected chi connectivity index (χ1v) is 5.47. The van der Waals surface area contributed by atoms with Crippen molar-refractivity contribution in [3.8, 4) is 5.75 Å². The van der Waals surface area contributed by atoms with Crippen molar-refractivity contribution < 1.29 is 4.74 Å². The quantitative estimate of drug-likeness (QED) is 0.808. The number of ether oxygens (including phenoxy) is 1. The summed E-state index contributed by atoms with van der Waals surface area (Å²) in [6.07, 6.45) is 0. The molecule has 0 aliphatic carbocycles. The lowest BCUT2D eigenvalue weighted by molar-refractivity contribution is 0.415. The molecule has 4 nitrogen and oxygen atoms in total. The monoisotopic (exact) mass is 239 g/mol. The van der Waals surface area contributed by atoms with Crippen LogP contribution < -0.4 is 10.1 Å². The number of H-pyrrole nitrogens is 1. The molecular formula is C9H9N3OS2. The van der Waals surface area contributed by atoms with Crippen molar-refractivity contribution in [1.82, 2.24) is 10.2 Å². The van der Waals surface area contributed by atoms with Gasteiger partial charge in [-0.2, -0.15) is 0 Å². The van der Waals surface area contributed by atoms with Crippen LogP contribution in [-0.2, 0) is 0 Å². The maximum Gasteiger partial charge on any atom is 0.208 e. The second kappa shape index (κ2) is 4.41. The number of methoxy groups -OCH3 is 1. The third-order valence-corrected chi connectivity index (χ3v) is 2.78. The summed E-state index contributed by atoms with van der Waals surface area (Å²) >= 11 is 6.33. The normalized spacial score (nSPS) is 9.93. The Labute approximate surface area is 95.9 Å². The van der Waals surface area contributed by atoms with Gasteiger partial charge in [0.2, 0.25) is 5.13 Å². The maximum absolute atomic E-state index is 5.06. The third kappa shape index (κ3) is 2.54. The largest absolute Gasteiger partial charge is 0.497 e. The lowest BCUT2D eigenvalue weighted by Gasteiger charge is -2.03. The van der Waals surface area contributed by atoms with E-state index in [1.165, 1.54) is 11.3 Å². The van der Waals surface area contributed by atoms with Crippen LogP contribution >= 0.6 is 23.6 Å². The Bertz CT molecular complexity index is 489. The minimum Gasteiger partial charge on any atom is -0.497 e. The summed E-state index contributed by atoms with van der Waals surface area (Å²) in [5.74, 6) is 0.829. The zero-order valence-electron chi connectivity index (χ0n) is 7.98. The average Bonchev–Trinajstić information content (AvgIpc) is 2.65. The van der Waals surface area contributed by atoms with E-state index in [4.69, 9.17) is 17.0 Å². The molecule has 2 rings (SSSR count). The van der Waals surface area contributed by atoms with Gasteiger partial charge >= 0.3 is 0 Å². The molecular weight excluding hydrogens is 230 g/mol. The zero-order valence-corrected chi connectivity index (χ0v) is 9.61. The molecule has 0 radical (unpaired) electrons. The van der Waals surface area contributed by atoms with Gasteiger partial charge in [-0.25, -0.2) is 0 Å². The molecule has 1 heterocycles. The first kappa shape index (κ1) is 10.1. The molecule has 0 saturated carbocycles. The van der Waals surface area contributed by atoms with Crippen LogP contribution in [0.4, 0.5) is 10.8 Å². The Balaban J connectivity index is 2.14. The van der Waals surface area contributed by atoms with E-state index < -0.39 is 0 Å². The topological polar surface area (TPSA) is 49.9 Å². The van der Waals surface area contributed by atoms with Crippen LogP contribution in [0.15, 0.2) is 24.3 Å². The molecule has 2 aromatic rings. The molecule has 6 heteroatoms. The molecule has 0 bridgehead atoms. The number of hydrogen-bond acceptors (Lipinski definition) is 5. The van der Waals surface area contributed by atoms with Gasteiger partial charge in [0.25, 0.3) is 0 Å². The Hall–Kier alpha value is -1.40. The Kier molecular flexibility index (Phi) is 2.98. The molecule has 1 aromatic carbocycles. The number of aromatic amines is 1. The molecule has 0 fully saturated rings. The number of nitrogens with one attached hydrogen (secondary N) is 2. The smallest absolute Gasteiger partial charge is 0.208 e. The highest BCUT2D eigenvalue weighted by Crippen LogP contribution is 2.20. The number of aromatic nitrogens is 2. The number of rotatable bonds is 3. The van der Waals surface area contributed by atoms with Crippen molar-refractivity contribution in [2.45, 2.75) is 0 Å². The van der Waals surface area contributed by atoms with Crippen molar-refractivity contribution in [3.63, 3.8) is 0 Å². The molecule has 0 saturated heterocycles. The van der Waals surface area contributed by atoms with E-state index in [0.717, 1.165) is 16.6 Å². The van der Waals surface area contributed by atoms with Crippen molar-refractivity contribution in [1.29, 1.82) is 0 Å². The van der Waals surface area contributed by atoms with Crippen molar-refractivity contribution >= 4 is 34.4 Å². The van der Waals surface area contributed by atoms with E-state index in [-0.39, 0.29) is 0 Å². The lowest BCUT2D eigenvalue weighted by Crippen LogP contribution is -1.89. The van der Waals surface area contributed by atoms with Gasteiger partial charge in [-0.15, -0.1) is 5.10 Å². The molecule has 0 atom stereocenters. The molecule has 0 aliphatic heterocycles. The highest BCUT2D eigenvalue weighted by atomic mass is 32.1. The predicted octanol–water partition coefficient (Wildman–Crippen LogP) is 2.95. The minimum absolute atomic E-state index is 0.658. The summed E-state index contributed by atoms with van der Waals surface area (Å²) in [6.45, 7) is 0. The Morgan fingerprint density at radius 1 is 1.40 bits per heavy atom. The van der Waals surface area contributed by atoms with Crippen molar-refractivity contribution in [2.75, 3.05) is 12.4 Å². The van der Waals surface area contributed by atoms with E-state index in [0.29, 0.717) is 3.95 Å². The van der Waals surface area contributed by atoms with Crippen LogP contribution in [0.5, 0.6) is 5.75 Å². The first-order valence-electron chi connectivity index (χ1n) is 4.24. The Morgan fingerprint density at radius 2 is 2.13 bits per heavy atom. The molecule has 2 N–H and O–H groups in total. The molecule has 0 aliphatic rings. The van der Waals surface area contributed by atoms with Crippen LogP contribution in [0.2, 0.25) is 0 Å². The second-order valence-corrected chi connectivity index (χ2v) is 4.44. The zero-order chi connectivity index (χ0) is 10.7. The average molecular weight is 239 g/mol. The van der Waals surface area contributed by atoms with E-state index >= 15 is 0 Å². The molecule has 0 unspecified atom stereocenters. The fourth-order valence-corrected chi connectivity index (χ4v) is 1.89. The van der Waals surface area contributed by atoms with Crippen LogP contribution in [0.1, 0.15) is 0 Å². The van der Waals surface area contributed by atoms with Crippen molar-refractivity contribution in [3.05, 3.63) is 28.2 Å². The summed E-state index contributed by atoms with van der Waals surface area (Å²) in [5, 5.41) is 10.6. The number of anilines is 2. The number of hydrogen-bond donors (Lipinski definition) is 2. The number of benzene rings is 1. The summed E-state index contributed by atoms with van der Waals surface area (Å²) in [5.41, 5.74) is 0.952. The SMILES string of the molecule is COc1ccc(Nc2n[nH]c(=S)s2)cc1. The van der Waals surface area contributed by atoms with Gasteiger partial charge in [0.15, 0.2) is 3.95 Å². The Morgan fingerprint density at radius 3 is 2.67 bits per heavy atom. The van der Waals surface area contributed by atoms with Gasteiger partial charge in [-0.05, 0) is 36.5 Å². The van der Waals surface area contributed by atoms with Crippen LogP contribution in [0.3, 0.4) is 0 Å². The third-order valence-electron chi connectivity index (χ3n) is 1.78. The fraction of sp³-hybridized carbons (Fsp3) is 0.111. The molecule has 0 spiro atoms. The van der Waals surface area contributed by atoms with Crippen LogP contribution in [-0.4, -0.2) is 17.3 Å². The van der Waals surface area contributed by atoms with Crippen molar-refractivity contribution in [2.24, 2.45) is 0 Å². The minimum atomic E-state index is 0.658. The van der Waals surface area contributed by atoms with Gasteiger partial charge < -0.3 is 10.1 Å². The first-order chi connectivity index (χ1) is 7.28. The van der Waals surface area contributed by atoms with Gasteiger partial charge in [0.1, 0.15) is 5.75 Å². The van der Waals surface area contributed by atoms with Crippen LogP contribution in [0.25, 0.3) is 0 Å². The molecule has 15 heavy (non-hydrogen) atoms. The lowest BCUT2D eigenvalue weighted by atomic mass is 10.3. The van der Waals surface area contributed by atoms with Gasteiger partial charge in [-0.3, -0.25) is 5.10 Å². The van der Waals surface area contributed by atoms with Gasteiger partial charge in [0.05, 0.1) is 7.11 Å². The van der Waals surface area contributed by atoms with E-state index in [1.54, 1.807) is 7.11 Å². The van der Waals surface area contributed by atoms with E-state index in [2.05, 4.69) is 15.5 Å². The summed E-state index contributed by atoms with van der Waals surface area (Å²) in [4.78, 5) is 0. The predicted molar refractivity (Wildman–Crippen MR) is 63.6 cm³/mol. The molecule has 0 amide bonds. The standard InChI is InChI=1S/C9H9N3OS2/c1-13-7-4-2-6(3-5-7)10-8-11-12-9(14)15-8/h2-5H,1H3,(H,10,11)(H,12,14). The van der Waals surface area contributed by atoms with E-state index in [9.17, 15) is 0 Å². The summed E-state index contributed by atoms with van der Waals surface area (Å²) in [6, 6.07) is 7.61. The fourth-order valence-electron chi connectivity index (χ4n) is 1.08. The van der Waals surface area contributed by atoms with E-state index in [1.807, 2.05) is 24.3 Å². The maximum atomic E-state index is 5.06. The highest BCUT2D eigenvalue weighted by Gasteiger charge is 1.98. The van der Waals surface area contributed by atoms with Gasteiger partial charge in [0, 0.05) is 5.69 Å². The highest BCUT2D eigenvalue weighted by molar-refractivity contribution is 7.73. The van der Waals surface area contributed by atoms with Gasteiger partial charge in [-0.1, -0.05) is 11.3 Å². The summed E-state index contributed by atoms with van der Waals surface area (Å²) in [7, 11) is 1.64. The number of nitrogens with zero attached hydrogens (tertiary/aromatic N) is 1. The van der Waals surface area contributed by atoms with Crippen LogP contribution in [0, 0.1) is 3.95 Å². The molecule has 78 valence electrons. The second-order valence-electron chi connectivity index (χ2n) is 2.77. The summed E-state index contributed by atoms with van der Waals surface area (Å²) < 4.78 is 5.72.